The summed E-state index contributed by atoms with van der Waals surface area (Å²) in [6, 6.07) is 3.95. The fourth-order valence-corrected chi connectivity index (χ4v) is 2.67. The van der Waals surface area contributed by atoms with Gasteiger partial charge in [-0.15, -0.1) is 0 Å². The van der Waals surface area contributed by atoms with Crippen molar-refractivity contribution in [3.05, 3.63) is 24.2 Å². The molecule has 2 aromatic heterocycles. The highest BCUT2D eigenvalue weighted by atomic mass is 16.5. The van der Waals surface area contributed by atoms with E-state index in [9.17, 15) is 0 Å². The van der Waals surface area contributed by atoms with Crippen molar-refractivity contribution in [2.24, 2.45) is 5.92 Å². The Labute approximate surface area is 129 Å². The van der Waals surface area contributed by atoms with Gasteiger partial charge in [0.05, 0.1) is 12.2 Å². The summed E-state index contributed by atoms with van der Waals surface area (Å²) in [4.78, 5) is 11.0. The molecule has 3 rings (SSSR count). The smallest absolute Gasteiger partial charge is 0.259 e. The van der Waals surface area contributed by atoms with E-state index in [4.69, 9.17) is 14.0 Å². The SMILES string of the molecule is COCc1noc(-c2ccc(N3CC[C@@H](COC)C3)nc2)n1. The third kappa shape index (κ3) is 3.26. The Morgan fingerprint density at radius 2 is 2.23 bits per heavy atom. The molecule has 0 unspecified atom stereocenters. The topological polar surface area (TPSA) is 73.5 Å². The predicted octanol–water partition coefficient (Wildman–Crippen LogP) is 1.75. The molecule has 0 aliphatic carbocycles. The molecule has 22 heavy (non-hydrogen) atoms. The van der Waals surface area contributed by atoms with Crippen molar-refractivity contribution in [2.45, 2.75) is 13.0 Å². The minimum atomic E-state index is 0.337. The van der Waals surface area contributed by atoms with E-state index < -0.39 is 0 Å². The first-order valence-electron chi connectivity index (χ1n) is 7.32. The molecule has 7 heteroatoms. The summed E-state index contributed by atoms with van der Waals surface area (Å²) >= 11 is 0. The minimum Gasteiger partial charge on any atom is -0.384 e. The summed E-state index contributed by atoms with van der Waals surface area (Å²) in [6.45, 7) is 3.14. The number of pyridine rings is 1. The molecule has 0 saturated carbocycles. The summed E-state index contributed by atoms with van der Waals surface area (Å²) in [5.74, 6) is 2.55. The Morgan fingerprint density at radius 3 is 2.95 bits per heavy atom. The van der Waals surface area contributed by atoms with Gasteiger partial charge < -0.3 is 18.9 Å². The quantitative estimate of drug-likeness (QED) is 0.805. The van der Waals surface area contributed by atoms with E-state index in [0.717, 1.165) is 37.5 Å². The molecule has 0 amide bonds. The van der Waals surface area contributed by atoms with Crippen molar-refractivity contribution in [2.75, 3.05) is 38.8 Å². The number of rotatable bonds is 6. The van der Waals surface area contributed by atoms with Crippen LogP contribution in [0, 0.1) is 5.92 Å². The van der Waals surface area contributed by atoms with Crippen LogP contribution in [0.1, 0.15) is 12.2 Å². The summed E-state index contributed by atoms with van der Waals surface area (Å²) in [5, 5.41) is 3.85. The molecule has 0 aromatic carbocycles. The van der Waals surface area contributed by atoms with Gasteiger partial charge in [0, 0.05) is 39.4 Å². The lowest BCUT2D eigenvalue weighted by molar-refractivity contribution is 0.161. The van der Waals surface area contributed by atoms with E-state index in [2.05, 4.69) is 20.0 Å². The molecule has 0 bridgehead atoms. The standard InChI is InChI=1S/C15H20N4O3/c1-20-9-11-5-6-19(8-11)14-4-3-12(7-16-14)15-17-13(10-21-2)18-22-15/h3-4,7,11H,5-6,8-10H2,1-2H3/t11-/m1/s1. The zero-order valence-corrected chi connectivity index (χ0v) is 12.9. The molecule has 1 saturated heterocycles. The number of ether oxygens (including phenoxy) is 2. The second-order valence-corrected chi connectivity index (χ2v) is 5.41. The molecule has 2 aromatic rings. The van der Waals surface area contributed by atoms with Gasteiger partial charge in [0.15, 0.2) is 5.82 Å². The van der Waals surface area contributed by atoms with Crippen LogP contribution in [0.4, 0.5) is 5.82 Å². The molecule has 1 atom stereocenters. The first-order chi connectivity index (χ1) is 10.8. The summed E-state index contributed by atoms with van der Waals surface area (Å²) in [7, 11) is 3.34. The molecular formula is C15H20N4O3. The zero-order chi connectivity index (χ0) is 15.4. The lowest BCUT2D eigenvalue weighted by Crippen LogP contribution is -2.21. The van der Waals surface area contributed by atoms with Crippen molar-refractivity contribution in [3.8, 4) is 11.5 Å². The molecule has 1 aliphatic rings. The van der Waals surface area contributed by atoms with Gasteiger partial charge in [0.2, 0.25) is 0 Å². The molecule has 0 spiro atoms. The van der Waals surface area contributed by atoms with Crippen LogP contribution in [-0.4, -0.2) is 49.0 Å². The monoisotopic (exact) mass is 304 g/mol. The van der Waals surface area contributed by atoms with Gasteiger partial charge in [-0.2, -0.15) is 4.98 Å². The highest BCUT2D eigenvalue weighted by Crippen LogP contribution is 2.24. The van der Waals surface area contributed by atoms with Crippen LogP contribution in [0.2, 0.25) is 0 Å². The van der Waals surface area contributed by atoms with Crippen LogP contribution in [0.3, 0.4) is 0 Å². The van der Waals surface area contributed by atoms with Crippen molar-refractivity contribution < 1.29 is 14.0 Å². The van der Waals surface area contributed by atoms with Crippen LogP contribution in [0.25, 0.3) is 11.5 Å². The van der Waals surface area contributed by atoms with Crippen molar-refractivity contribution in [1.82, 2.24) is 15.1 Å². The first-order valence-corrected chi connectivity index (χ1v) is 7.32. The number of hydrogen-bond acceptors (Lipinski definition) is 7. The minimum absolute atomic E-state index is 0.337. The normalized spacial score (nSPS) is 18.1. The maximum absolute atomic E-state index is 5.22. The van der Waals surface area contributed by atoms with E-state index in [-0.39, 0.29) is 0 Å². The highest BCUT2D eigenvalue weighted by Gasteiger charge is 2.23. The maximum Gasteiger partial charge on any atom is 0.259 e. The van der Waals surface area contributed by atoms with E-state index in [1.807, 2.05) is 12.1 Å². The van der Waals surface area contributed by atoms with Gasteiger partial charge in [0.25, 0.3) is 5.89 Å². The zero-order valence-electron chi connectivity index (χ0n) is 12.9. The second-order valence-electron chi connectivity index (χ2n) is 5.41. The first kappa shape index (κ1) is 14.9. The van der Waals surface area contributed by atoms with E-state index in [1.54, 1.807) is 20.4 Å². The van der Waals surface area contributed by atoms with Crippen LogP contribution in [-0.2, 0) is 16.1 Å². The summed E-state index contributed by atoms with van der Waals surface area (Å²) in [5.41, 5.74) is 0.811. The highest BCUT2D eigenvalue weighted by molar-refractivity contribution is 5.54. The largest absolute Gasteiger partial charge is 0.384 e. The Kier molecular flexibility index (Phi) is 4.65. The van der Waals surface area contributed by atoms with Crippen LogP contribution in [0.15, 0.2) is 22.9 Å². The Hall–Kier alpha value is -1.99. The molecule has 7 nitrogen and oxygen atoms in total. The third-order valence-electron chi connectivity index (χ3n) is 3.75. The Morgan fingerprint density at radius 1 is 1.32 bits per heavy atom. The van der Waals surface area contributed by atoms with Gasteiger partial charge in [-0.3, -0.25) is 0 Å². The van der Waals surface area contributed by atoms with Crippen LogP contribution < -0.4 is 4.90 Å². The average Bonchev–Trinajstić information content (AvgIpc) is 3.18. The summed E-state index contributed by atoms with van der Waals surface area (Å²) in [6.07, 6.45) is 2.91. The van der Waals surface area contributed by atoms with Crippen molar-refractivity contribution >= 4 is 5.82 Å². The summed E-state index contributed by atoms with van der Waals surface area (Å²) < 4.78 is 15.4. The number of hydrogen-bond donors (Lipinski definition) is 0. The van der Waals surface area contributed by atoms with Crippen molar-refractivity contribution in [3.63, 3.8) is 0 Å². The van der Waals surface area contributed by atoms with E-state index >= 15 is 0 Å². The molecule has 118 valence electrons. The Bertz CT molecular complexity index is 599. The third-order valence-corrected chi connectivity index (χ3v) is 3.75. The van der Waals surface area contributed by atoms with Gasteiger partial charge >= 0.3 is 0 Å². The number of nitrogens with zero attached hydrogens (tertiary/aromatic N) is 4. The fourth-order valence-electron chi connectivity index (χ4n) is 2.67. The maximum atomic E-state index is 5.22. The lowest BCUT2D eigenvalue weighted by atomic mass is 10.1. The second kappa shape index (κ2) is 6.85. The van der Waals surface area contributed by atoms with Gasteiger partial charge in [-0.05, 0) is 18.6 Å². The van der Waals surface area contributed by atoms with Crippen LogP contribution in [0.5, 0.6) is 0 Å². The lowest BCUT2D eigenvalue weighted by Gasteiger charge is -2.17. The molecule has 1 fully saturated rings. The predicted molar refractivity (Wildman–Crippen MR) is 80.4 cm³/mol. The molecule has 0 radical (unpaired) electrons. The number of anilines is 1. The number of aromatic nitrogens is 3. The van der Waals surface area contributed by atoms with Gasteiger partial charge in [-0.1, -0.05) is 5.16 Å². The van der Waals surface area contributed by atoms with Gasteiger partial charge in [-0.25, -0.2) is 4.98 Å². The fraction of sp³-hybridized carbons (Fsp3) is 0.533. The molecule has 3 heterocycles. The van der Waals surface area contributed by atoms with Crippen molar-refractivity contribution in [1.29, 1.82) is 0 Å². The molecular weight excluding hydrogens is 284 g/mol. The average molecular weight is 304 g/mol. The molecule has 0 N–H and O–H groups in total. The number of methoxy groups -OCH3 is 2. The van der Waals surface area contributed by atoms with Crippen LogP contribution >= 0.6 is 0 Å². The molecule has 1 aliphatic heterocycles. The Balaban J connectivity index is 1.67. The van der Waals surface area contributed by atoms with E-state index in [1.165, 1.54) is 0 Å². The van der Waals surface area contributed by atoms with E-state index in [0.29, 0.717) is 24.2 Å². The van der Waals surface area contributed by atoms with Gasteiger partial charge in [0.1, 0.15) is 12.4 Å².